The third-order valence-electron chi connectivity index (χ3n) is 6.19. The summed E-state index contributed by atoms with van der Waals surface area (Å²) in [6.45, 7) is 0. The SMILES string of the molecule is CN1C(=O)C2C=CC(C(O)c3ccccn3)N(N(c3ccccc3)c3ccccc3)C2C1=O. The molecule has 2 aliphatic rings. The van der Waals surface area contributed by atoms with Crippen molar-refractivity contribution in [2.45, 2.75) is 18.2 Å². The van der Waals surface area contributed by atoms with Gasteiger partial charge in [0.25, 0.3) is 0 Å². The van der Waals surface area contributed by atoms with Crippen molar-refractivity contribution in [3.63, 3.8) is 0 Å². The number of rotatable bonds is 5. The molecule has 7 heteroatoms. The van der Waals surface area contributed by atoms with Crippen molar-refractivity contribution in [3.05, 3.63) is 103 Å². The number of carbonyl (C=O) groups excluding carboxylic acids is 2. The zero-order valence-corrected chi connectivity index (χ0v) is 18.1. The number of likely N-dealkylation sites (tertiary alicyclic amines) is 1. The molecule has 2 aromatic carbocycles. The number of hydrogen-bond acceptors (Lipinski definition) is 6. The molecule has 1 fully saturated rings. The van der Waals surface area contributed by atoms with Crippen molar-refractivity contribution in [1.82, 2.24) is 14.9 Å². The van der Waals surface area contributed by atoms with Crippen molar-refractivity contribution >= 4 is 23.2 Å². The van der Waals surface area contributed by atoms with Gasteiger partial charge in [-0.25, -0.2) is 0 Å². The van der Waals surface area contributed by atoms with Crippen LogP contribution in [0.2, 0.25) is 0 Å². The van der Waals surface area contributed by atoms with Crippen LogP contribution in [0.1, 0.15) is 11.8 Å². The van der Waals surface area contributed by atoms with E-state index in [-0.39, 0.29) is 11.8 Å². The van der Waals surface area contributed by atoms with E-state index in [4.69, 9.17) is 0 Å². The molecule has 0 aliphatic carbocycles. The molecule has 33 heavy (non-hydrogen) atoms. The number of fused-ring (bicyclic) bond motifs is 1. The Bertz CT molecular complexity index is 1130. The highest BCUT2D eigenvalue weighted by Gasteiger charge is 2.54. The monoisotopic (exact) mass is 440 g/mol. The van der Waals surface area contributed by atoms with Crippen molar-refractivity contribution in [1.29, 1.82) is 0 Å². The summed E-state index contributed by atoms with van der Waals surface area (Å²) in [4.78, 5) is 31.7. The normalized spacial score (nSPS) is 23.5. The van der Waals surface area contributed by atoms with Crippen LogP contribution in [-0.4, -0.2) is 50.9 Å². The summed E-state index contributed by atoms with van der Waals surface area (Å²) in [5.41, 5.74) is 2.11. The van der Waals surface area contributed by atoms with E-state index in [9.17, 15) is 14.7 Å². The highest BCUT2D eigenvalue weighted by atomic mass is 16.3. The fourth-order valence-corrected chi connectivity index (χ4v) is 4.58. The standard InChI is InChI=1S/C26H24N4O3/c1-28-25(32)20-15-16-22(24(31)21-14-8-9-17-27-21)30(23(20)26(28)33)29(18-10-4-2-5-11-18)19-12-6-3-7-13-19/h2-17,20,22-24,31H,1H3. The molecule has 2 amide bonds. The highest BCUT2D eigenvalue weighted by molar-refractivity contribution is 6.08. The minimum absolute atomic E-state index is 0.252. The Morgan fingerprint density at radius 1 is 0.848 bits per heavy atom. The highest BCUT2D eigenvalue weighted by Crippen LogP contribution is 2.40. The first kappa shape index (κ1) is 21.1. The molecule has 0 saturated carbocycles. The zero-order chi connectivity index (χ0) is 22.9. The number of aromatic nitrogens is 1. The first-order chi connectivity index (χ1) is 16.1. The number of hydrogen-bond donors (Lipinski definition) is 1. The van der Waals surface area contributed by atoms with Crippen LogP contribution in [0, 0.1) is 5.92 Å². The van der Waals surface area contributed by atoms with Crippen molar-refractivity contribution in [2.75, 3.05) is 12.1 Å². The molecule has 4 atom stereocenters. The molecule has 0 radical (unpaired) electrons. The Morgan fingerprint density at radius 2 is 1.45 bits per heavy atom. The maximum atomic E-state index is 13.3. The molecule has 0 spiro atoms. The van der Waals surface area contributed by atoms with Gasteiger partial charge in [-0.15, -0.1) is 0 Å². The summed E-state index contributed by atoms with van der Waals surface area (Å²) in [5.74, 6) is -1.19. The van der Waals surface area contributed by atoms with E-state index >= 15 is 0 Å². The van der Waals surface area contributed by atoms with Crippen LogP contribution in [0.3, 0.4) is 0 Å². The number of aliphatic hydroxyl groups excluding tert-OH is 1. The minimum Gasteiger partial charge on any atom is -0.385 e. The molecular weight excluding hydrogens is 416 g/mol. The second-order valence-electron chi connectivity index (χ2n) is 8.14. The van der Waals surface area contributed by atoms with Crippen LogP contribution in [0.4, 0.5) is 11.4 Å². The number of anilines is 2. The smallest absolute Gasteiger partial charge is 0.249 e. The van der Waals surface area contributed by atoms with E-state index in [0.717, 1.165) is 11.4 Å². The van der Waals surface area contributed by atoms with Crippen molar-refractivity contribution in [2.24, 2.45) is 5.92 Å². The molecule has 3 heterocycles. The number of para-hydroxylation sites is 2. The number of aliphatic hydroxyl groups is 1. The molecule has 1 N–H and O–H groups in total. The largest absolute Gasteiger partial charge is 0.385 e. The quantitative estimate of drug-likeness (QED) is 0.485. The number of benzene rings is 2. The minimum atomic E-state index is -1.02. The molecule has 2 aliphatic heterocycles. The van der Waals surface area contributed by atoms with Gasteiger partial charge in [0, 0.05) is 13.2 Å². The van der Waals surface area contributed by atoms with Gasteiger partial charge in [0.05, 0.1) is 29.0 Å². The Hall–Kier alpha value is -3.81. The van der Waals surface area contributed by atoms with Gasteiger partial charge in [0.1, 0.15) is 12.1 Å². The van der Waals surface area contributed by atoms with E-state index in [1.165, 1.54) is 11.9 Å². The van der Waals surface area contributed by atoms with Crippen LogP contribution >= 0.6 is 0 Å². The van der Waals surface area contributed by atoms with Crippen LogP contribution < -0.4 is 5.01 Å². The van der Waals surface area contributed by atoms with Gasteiger partial charge in [-0.1, -0.05) is 54.6 Å². The van der Waals surface area contributed by atoms with Crippen LogP contribution in [0.15, 0.2) is 97.2 Å². The zero-order valence-electron chi connectivity index (χ0n) is 18.1. The van der Waals surface area contributed by atoms with Crippen LogP contribution in [0.25, 0.3) is 0 Å². The van der Waals surface area contributed by atoms with Gasteiger partial charge in [0.15, 0.2) is 0 Å². The molecule has 1 saturated heterocycles. The predicted molar refractivity (Wildman–Crippen MR) is 124 cm³/mol. The van der Waals surface area contributed by atoms with Crippen LogP contribution in [0.5, 0.6) is 0 Å². The fraction of sp³-hybridized carbons (Fsp3) is 0.192. The molecule has 1 aromatic heterocycles. The van der Waals surface area contributed by atoms with Gasteiger partial charge < -0.3 is 5.11 Å². The third-order valence-corrected chi connectivity index (χ3v) is 6.19. The second kappa shape index (κ2) is 8.61. The van der Waals surface area contributed by atoms with Crippen molar-refractivity contribution in [3.8, 4) is 0 Å². The number of nitrogens with zero attached hydrogens (tertiary/aromatic N) is 4. The van der Waals surface area contributed by atoms with Gasteiger partial charge in [0.2, 0.25) is 11.8 Å². The van der Waals surface area contributed by atoms with Crippen molar-refractivity contribution < 1.29 is 14.7 Å². The molecule has 5 rings (SSSR count). The molecule has 0 bridgehead atoms. The lowest BCUT2D eigenvalue weighted by atomic mass is 9.91. The summed E-state index contributed by atoms with van der Waals surface area (Å²) in [7, 11) is 1.51. The molecule has 7 nitrogen and oxygen atoms in total. The van der Waals surface area contributed by atoms with E-state index in [1.807, 2.05) is 82.8 Å². The summed E-state index contributed by atoms with van der Waals surface area (Å²) in [5, 5.41) is 15.2. The summed E-state index contributed by atoms with van der Waals surface area (Å²) >= 11 is 0. The topological polar surface area (TPSA) is 77.0 Å². The first-order valence-corrected chi connectivity index (χ1v) is 10.8. The van der Waals surface area contributed by atoms with Gasteiger partial charge >= 0.3 is 0 Å². The average molecular weight is 441 g/mol. The van der Waals surface area contributed by atoms with Gasteiger partial charge in [-0.05, 0) is 36.4 Å². The number of carbonyl (C=O) groups is 2. The Labute approximate surface area is 192 Å². The molecular formula is C26H24N4O3. The van der Waals surface area contributed by atoms with E-state index < -0.39 is 24.1 Å². The van der Waals surface area contributed by atoms with Gasteiger partial charge in [-0.3, -0.25) is 24.5 Å². The summed E-state index contributed by atoms with van der Waals surface area (Å²) in [6, 6.07) is 23.2. The number of hydrazine groups is 1. The van der Waals surface area contributed by atoms with E-state index in [1.54, 1.807) is 24.4 Å². The lowest BCUT2D eigenvalue weighted by Gasteiger charge is -2.47. The Balaban J connectivity index is 1.70. The lowest BCUT2D eigenvalue weighted by Crippen LogP contribution is -2.59. The lowest BCUT2D eigenvalue weighted by molar-refractivity contribution is -0.138. The summed E-state index contributed by atoms with van der Waals surface area (Å²) < 4.78 is 0. The van der Waals surface area contributed by atoms with Crippen LogP contribution in [-0.2, 0) is 9.59 Å². The molecule has 3 aromatic rings. The third kappa shape index (κ3) is 3.61. The second-order valence-corrected chi connectivity index (χ2v) is 8.14. The molecule has 166 valence electrons. The Morgan fingerprint density at radius 3 is 2.03 bits per heavy atom. The number of imide groups is 1. The van der Waals surface area contributed by atoms with Gasteiger partial charge in [-0.2, -0.15) is 5.01 Å². The maximum Gasteiger partial charge on any atom is 0.249 e. The van der Waals surface area contributed by atoms with E-state index in [2.05, 4.69) is 4.98 Å². The summed E-state index contributed by atoms with van der Waals surface area (Å²) in [6.07, 6.45) is 4.16. The predicted octanol–water partition coefficient (Wildman–Crippen LogP) is 3.09. The van der Waals surface area contributed by atoms with E-state index in [0.29, 0.717) is 5.69 Å². The molecule has 4 unspecified atom stereocenters. The average Bonchev–Trinajstić information content (AvgIpc) is 3.10. The fourth-order valence-electron chi connectivity index (χ4n) is 4.58. The number of pyridine rings is 1. The maximum absolute atomic E-state index is 13.3. The number of likely N-dealkylation sites (N-methyl/N-ethyl adjacent to an activating group) is 1. The Kier molecular flexibility index (Phi) is 5.50. The first-order valence-electron chi connectivity index (χ1n) is 10.8. The number of amides is 2.